The van der Waals surface area contributed by atoms with E-state index in [2.05, 4.69) is 66.0 Å². The van der Waals surface area contributed by atoms with E-state index in [0.717, 1.165) is 82.0 Å². The first-order valence-electron chi connectivity index (χ1n) is 12.3. The van der Waals surface area contributed by atoms with Crippen LogP contribution in [0, 0.1) is 0 Å². The van der Waals surface area contributed by atoms with E-state index in [9.17, 15) is 0 Å². The standard InChI is InChI=1S/C31H26BNO2/c32-31-29(24-16-6-8-18-26(24)35-31)23-15-5-4-11-21(23)12-10-20-28-30(33-22-13-2-1-3-14-22)25-17-7-9-19-27(25)34-28/h1-5,7,9,11,13-19,33H,6,8,10,12,20H2. The molecule has 2 heterocycles. The number of aryl methyl sites for hydroxylation is 2. The Balaban J connectivity index is 1.28. The fourth-order valence-corrected chi connectivity index (χ4v) is 5.05. The summed E-state index contributed by atoms with van der Waals surface area (Å²) in [7, 11) is 6.35. The van der Waals surface area contributed by atoms with Gasteiger partial charge in [0.15, 0.2) is 7.85 Å². The fourth-order valence-electron chi connectivity index (χ4n) is 5.05. The summed E-state index contributed by atoms with van der Waals surface area (Å²) >= 11 is 0. The summed E-state index contributed by atoms with van der Waals surface area (Å²) in [5.74, 6) is 0.982. The molecule has 4 heteroatoms. The van der Waals surface area contributed by atoms with Crippen molar-refractivity contribution in [1.82, 2.24) is 0 Å². The molecule has 0 fully saturated rings. The molecule has 0 amide bonds. The van der Waals surface area contributed by atoms with Crippen molar-refractivity contribution in [3.63, 3.8) is 0 Å². The van der Waals surface area contributed by atoms with Gasteiger partial charge in [-0.05, 0) is 67.2 Å². The third kappa shape index (κ3) is 4.21. The summed E-state index contributed by atoms with van der Waals surface area (Å²) in [6.45, 7) is 0. The first kappa shape index (κ1) is 21.6. The number of nitrogens with one attached hydrogen (secondary N) is 1. The SMILES string of the molecule is [B]c1oc2c(c1-c1ccccc1CCCc1oc3ccccc3c1Nc1ccccc1)=CCCC=2. The van der Waals surface area contributed by atoms with Gasteiger partial charge in [0.25, 0.3) is 0 Å². The Morgan fingerprint density at radius 2 is 1.54 bits per heavy atom. The van der Waals surface area contributed by atoms with Crippen molar-refractivity contribution in [2.24, 2.45) is 0 Å². The highest BCUT2D eigenvalue weighted by Crippen LogP contribution is 2.34. The summed E-state index contributed by atoms with van der Waals surface area (Å²) < 4.78 is 12.2. The van der Waals surface area contributed by atoms with Crippen LogP contribution >= 0.6 is 0 Å². The van der Waals surface area contributed by atoms with Gasteiger partial charge < -0.3 is 14.2 Å². The van der Waals surface area contributed by atoms with Crippen LogP contribution in [0.25, 0.3) is 34.2 Å². The highest BCUT2D eigenvalue weighted by atomic mass is 16.3. The lowest BCUT2D eigenvalue weighted by Crippen LogP contribution is -2.24. The lowest BCUT2D eigenvalue weighted by atomic mass is 9.89. The number of fused-ring (bicyclic) bond motifs is 2. The molecule has 0 atom stereocenters. The van der Waals surface area contributed by atoms with Crippen molar-refractivity contribution in [3.05, 3.63) is 101 Å². The predicted molar refractivity (Wildman–Crippen MR) is 145 cm³/mol. The van der Waals surface area contributed by atoms with E-state index in [-0.39, 0.29) is 0 Å². The van der Waals surface area contributed by atoms with E-state index in [1.807, 2.05) is 30.3 Å². The maximum Gasteiger partial charge on any atom is 0.168 e. The van der Waals surface area contributed by atoms with Crippen LogP contribution < -0.4 is 21.6 Å². The third-order valence-electron chi connectivity index (χ3n) is 6.69. The Bertz CT molecular complexity index is 1610. The van der Waals surface area contributed by atoms with Crippen LogP contribution in [-0.2, 0) is 12.8 Å². The molecule has 0 spiro atoms. The van der Waals surface area contributed by atoms with Crippen LogP contribution in [0.2, 0.25) is 0 Å². The maximum absolute atomic E-state index is 6.35. The van der Waals surface area contributed by atoms with Gasteiger partial charge in [0.1, 0.15) is 16.8 Å². The average Bonchev–Trinajstić information content (AvgIpc) is 3.41. The van der Waals surface area contributed by atoms with E-state index in [0.29, 0.717) is 5.66 Å². The zero-order valence-corrected chi connectivity index (χ0v) is 19.6. The number of para-hydroxylation sites is 2. The van der Waals surface area contributed by atoms with Gasteiger partial charge in [-0.15, -0.1) is 0 Å². The van der Waals surface area contributed by atoms with E-state index in [4.69, 9.17) is 16.7 Å². The summed E-state index contributed by atoms with van der Waals surface area (Å²) in [6.07, 6.45) is 9.11. The number of hydrogen-bond acceptors (Lipinski definition) is 3. The molecule has 3 aromatic carbocycles. The van der Waals surface area contributed by atoms with Crippen LogP contribution in [0.4, 0.5) is 11.4 Å². The molecular formula is C31H26BNO2. The predicted octanol–water partition coefficient (Wildman–Crippen LogP) is 5.76. The van der Waals surface area contributed by atoms with E-state index >= 15 is 0 Å². The van der Waals surface area contributed by atoms with E-state index in [1.165, 1.54) is 5.56 Å². The minimum absolute atomic E-state index is 0.503. The molecule has 0 unspecified atom stereocenters. The van der Waals surface area contributed by atoms with E-state index in [1.54, 1.807) is 0 Å². The monoisotopic (exact) mass is 455 g/mol. The largest absolute Gasteiger partial charge is 0.473 e. The van der Waals surface area contributed by atoms with Crippen molar-refractivity contribution in [2.75, 3.05) is 5.32 Å². The molecule has 0 saturated heterocycles. The maximum atomic E-state index is 6.35. The first-order chi connectivity index (χ1) is 17.3. The highest BCUT2D eigenvalue weighted by molar-refractivity contribution is 6.33. The number of benzene rings is 3. The minimum Gasteiger partial charge on any atom is -0.473 e. The van der Waals surface area contributed by atoms with E-state index < -0.39 is 0 Å². The second-order valence-electron chi connectivity index (χ2n) is 9.00. The van der Waals surface area contributed by atoms with Crippen molar-refractivity contribution < 1.29 is 8.83 Å². The van der Waals surface area contributed by atoms with Crippen LogP contribution in [0.3, 0.4) is 0 Å². The zero-order valence-electron chi connectivity index (χ0n) is 19.6. The normalized spacial score (nSPS) is 12.7. The molecule has 35 heavy (non-hydrogen) atoms. The van der Waals surface area contributed by atoms with Gasteiger partial charge in [-0.25, -0.2) is 0 Å². The Kier molecular flexibility index (Phi) is 5.79. The topological polar surface area (TPSA) is 38.3 Å². The number of furan rings is 2. The highest BCUT2D eigenvalue weighted by Gasteiger charge is 2.17. The molecule has 2 radical (unpaired) electrons. The van der Waals surface area contributed by atoms with Crippen LogP contribution in [-0.4, -0.2) is 7.85 Å². The van der Waals surface area contributed by atoms with Gasteiger partial charge in [0.2, 0.25) is 0 Å². The lowest BCUT2D eigenvalue weighted by molar-refractivity contribution is 0.540. The Morgan fingerprint density at radius 3 is 2.46 bits per heavy atom. The molecule has 3 nitrogen and oxygen atoms in total. The molecule has 5 aromatic rings. The number of anilines is 2. The second-order valence-corrected chi connectivity index (χ2v) is 9.00. The zero-order chi connectivity index (χ0) is 23.6. The van der Waals surface area contributed by atoms with Gasteiger partial charge in [0, 0.05) is 28.3 Å². The molecule has 0 saturated carbocycles. The molecule has 1 N–H and O–H groups in total. The lowest BCUT2D eigenvalue weighted by Gasteiger charge is -2.11. The summed E-state index contributed by atoms with van der Waals surface area (Å²) in [5.41, 5.74) is 7.88. The molecule has 1 aliphatic rings. The van der Waals surface area contributed by atoms with Crippen LogP contribution in [0.15, 0.2) is 87.7 Å². The first-order valence-corrected chi connectivity index (χ1v) is 12.3. The van der Waals surface area contributed by atoms with Gasteiger partial charge in [-0.1, -0.05) is 60.7 Å². The second kappa shape index (κ2) is 9.38. The van der Waals surface area contributed by atoms with Crippen molar-refractivity contribution in [3.8, 4) is 11.1 Å². The smallest absolute Gasteiger partial charge is 0.168 e. The quantitative estimate of drug-likeness (QED) is 0.317. The third-order valence-corrected chi connectivity index (χ3v) is 6.69. The molecule has 0 bridgehead atoms. The van der Waals surface area contributed by atoms with Gasteiger partial charge >= 0.3 is 0 Å². The van der Waals surface area contributed by atoms with Crippen molar-refractivity contribution in [2.45, 2.75) is 32.1 Å². The Morgan fingerprint density at radius 1 is 0.771 bits per heavy atom. The van der Waals surface area contributed by atoms with Gasteiger partial charge in [0.05, 0.1) is 11.3 Å². The molecule has 0 aliphatic heterocycles. The van der Waals surface area contributed by atoms with Crippen LogP contribution in [0.1, 0.15) is 30.6 Å². The number of hydrogen-bond donors (Lipinski definition) is 1. The molecular weight excluding hydrogens is 429 g/mol. The summed E-state index contributed by atoms with van der Waals surface area (Å²) in [6, 6.07) is 27.0. The van der Waals surface area contributed by atoms with Gasteiger partial charge in [-0.3, -0.25) is 0 Å². The molecule has 2 aromatic heterocycles. The molecule has 6 rings (SSSR count). The van der Waals surface area contributed by atoms with Crippen molar-refractivity contribution >= 4 is 48.0 Å². The average molecular weight is 455 g/mol. The molecule has 1 aliphatic carbocycles. The Hall–Kier alpha value is -3.92. The minimum atomic E-state index is 0.503. The number of rotatable bonds is 7. The summed E-state index contributed by atoms with van der Waals surface area (Å²) in [4.78, 5) is 0. The molecule has 170 valence electrons. The van der Waals surface area contributed by atoms with Gasteiger partial charge in [-0.2, -0.15) is 0 Å². The fraction of sp³-hybridized carbons (Fsp3) is 0.161. The summed E-state index contributed by atoms with van der Waals surface area (Å²) in [5, 5.41) is 5.83. The van der Waals surface area contributed by atoms with Crippen molar-refractivity contribution in [1.29, 1.82) is 0 Å². The van der Waals surface area contributed by atoms with Crippen LogP contribution in [0.5, 0.6) is 0 Å². The Labute approximate surface area is 206 Å².